The van der Waals surface area contributed by atoms with Crippen molar-refractivity contribution in [2.24, 2.45) is 0 Å². The predicted molar refractivity (Wildman–Crippen MR) is 48.5 cm³/mol. The average molecular weight is 197 g/mol. The molecule has 0 bridgehead atoms. The summed E-state index contributed by atoms with van der Waals surface area (Å²) >= 11 is 5.69. The number of benzene rings is 1. The standard InChI is InChI=1S/C8H5ClN2O2/c9-5-1-2-7-6(3-5)10-8(12)4-11(7)13/h1-4H,(H,10,12). The van der Waals surface area contributed by atoms with Crippen molar-refractivity contribution in [1.29, 1.82) is 0 Å². The molecule has 0 fully saturated rings. The smallest absolute Gasteiger partial charge is 0.314 e. The zero-order valence-corrected chi connectivity index (χ0v) is 7.21. The Morgan fingerprint density at radius 2 is 2.23 bits per heavy atom. The summed E-state index contributed by atoms with van der Waals surface area (Å²) in [7, 11) is 0. The van der Waals surface area contributed by atoms with E-state index in [1.807, 2.05) is 0 Å². The van der Waals surface area contributed by atoms with Crippen molar-refractivity contribution in [2.75, 3.05) is 0 Å². The number of fused-ring (bicyclic) bond motifs is 1. The minimum absolute atomic E-state index is 0.393. The number of hydrogen-bond donors (Lipinski definition) is 1. The molecule has 1 N–H and O–H groups in total. The van der Waals surface area contributed by atoms with Gasteiger partial charge in [0.1, 0.15) is 5.52 Å². The summed E-state index contributed by atoms with van der Waals surface area (Å²) in [5.41, 5.74) is 0.392. The number of hydrogen-bond acceptors (Lipinski definition) is 2. The van der Waals surface area contributed by atoms with E-state index in [0.717, 1.165) is 6.20 Å². The number of aromatic amines is 1. The third-order valence-corrected chi connectivity index (χ3v) is 1.92. The minimum Gasteiger partial charge on any atom is -0.618 e. The van der Waals surface area contributed by atoms with E-state index in [1.165, 1.54) is 6.07 Å². The predicted octanol–water partition coefficient (Wildman–Crippen LogP) is 0.815. The highest BCUT2D eigenvalue weighted by Gasteiger charge is 2.04. The molecule has 1 aromatic heterocycles. The van der Waals surface area contributed by atoms with Gasteiger partial charge in [-0.25, -0.2) is 0 Å². The molecule has 0 radical (unpaired) electrons. The van der Waals surface area contributed by atoms with Crippen LogP contribution in [0.1, 0.15) is 0 Å². The Kier molecular flexibility index (Phi) is 1.70. The first kappa shape index (κ1) is 8.07. The summed E-state index contributed by atoms with van der Waals surface area (Å²) in [5, 5.41) is 11.6. The van der Waals surface area contributed by atoms with Crippen molar-refractivity contribution in [2.45, 2.75) is 0 Å². The van der Waals surface area contributed by atoms with E-state index in [1.54, 1.807) is 12.1 Å². The molecule has 1 heterocycles. The highest BCUT2D eigenvalue weighted by Crippen LogP contribution is 2.12. The molecule has 2 aromatic rings. The van der Waals surface area contributed by atoms with Gasteiger partial charge < -0.3 is 10.2 Å². The van der Waals surface area contributed by atoms with Crippen molar-refractivity contribution in [3.63, 3.8) is 0 Å². The first-order valence-electron chi connectivity index (χ1n) is 3.58. The Balaban J connectivity index is 2.94. The molecular formula is C8H5ClN2O2. The molecular weight excluding hydrogens is 192 g/mol. The van der Waals surface area contributed by atoms with Gasteiger partial charge in [0.2, 0.25) is 11.7 Å². The van der Waals surface area contributed by atoms with Gasteiger partial charge in [-0.3, -0.25) is 4.79 Å². The van der Waals surface area contributed by atoms with E-state index in [4.69, 9.17) is 11.6 Å². The molecule has 1 aromatic carbocycles. The molecule has 0 atom stereocenters. The van der Waals surface area contributed by atoms with Gasteiger partial charge in [0.25, 0.3) is 0 Å². The van der Waals surface area contributed by atoms with Gasteiger partial charge in [0.15, 0.2) is 0 Å². The lowest BCUT2D eigenvalue weighted by atomic mass is 10.3. The average Bonchev–Trinajstić information content (AvgIpc) is 2.02. The zero-order chi connectivity index (χ0) is 9.42. The van der Waals surface area contributed by atoms with Gasteiger partial charge in [-0.2, -0.15) is 4.73 Å². The van der Waals surface area contributed by atoms with Crippen LogP contribution in [0.15, 0.2) is 29.2 Å². The van der Waals surface area contributed by atoms with Crippen molar-refractivity contribution >= 4 is 22.6 Å². The maximum Gasteiger partial charge on any atom is 0.314 e. The molecule has 5 heteroatoms. The van der Waals surface area contributed by atoms with Crippen molar-refractivity contribution in [3.05, 3.63) is 45.0 Å². The molecule has 0 aliphatic rings. The fourth-order valence-electron chi connectivity index (χ4n) is 1.14. The van der Waals surface area contributed by atoms with E-state index in [0.29, 0.717) is 20.8 Å². The maximum absolute atomic E-state index is 11.2. The summed E-state index contributed by atoms with van der Waals surface area (Å²) in [4.78, 5) is 13.4. The first-order valence-corrected chi connectivity index (χ1v) is 3.96. The monoisotopic (exact) mass is 196 g/mol. The molecule has 0 saturated heterocycles. The number of nitrogens with one attached hydrogen (secondary N) is 1. The van der Waals surface area contributed by atoms with E-state index < -0.39 is 5.56 Å². The Bertz CT molecular complexity index is 521. The lowest BCUT2D eigenvalue weighted by Crippen LogP contribution is -2.32. The largest absolute Gasteiger partial charge is 0.618 e. The van der Waals surface area contributed by atoms with Crippen LogP contribution in [-0.4, -0.2) is 4.98 Å². The van der Waals surface area contributed by atoms with Gasteiger partial charge >= 0.3 is 5.56 Å². The molecule has 4 nitrogen and oxygen atoms in total. The molecule has 2 rings (SSSR count). The van der Waals surface area contributed by atoms with Crippen LogP contribution in [0.25, 0.3) is 11.0 Å². The van der Waals surface area contributed by atoms with E-state index in [-0.39, 0.29) is 0 Å². The highest BCUT2D eigenvalue weighted by molar-refractivity contribution is 6.31. The fourth-order valence-corrected chi connectivity index (χ4v) is 1.31. The lowest BCUT2D eigenvalue weighted by molar-refractivity contribution is -0.578. The Morgan fingerprint density at radius 3 is 3.00 bits per heavy atom. The van der Waals surface area contributed by atoms with E-state index in [9.17, 15) is 10.0 Å². The molecule has 13 heavy (non-hydrogen) atoms. The first-order chi connectivity index (χ1) is 6.16. The van der Waals surface area contributed by atoms with Crippen LogP contribution >= 0.6 is 11.6 Å². The van der Waals surface area contributed by atoms with Crippen LogP contribution in [0.4, 0.5) is 0 Å². The van der Waals surface area contributed by atoms with Crippen molar-refractivity contribution < 1.29 is 4.73 Å². The van der Waals surface area contributed by atoms with Gasteiger partial charge in [0, 0.05) is 11.1 Å². The van der Waals surface area contributed by atoms with Crippen LogP contribution in [0.5, 0.6) is 0 Å². The normalized spacial score (nSPS) is 10.5. The molecule has 0 amide bonds. The summed E-state index contributed by atoms with van der Waals surface area (Å²) in [6.45, 7) is 0. The van der Waals surface area contributed by atoms with Crippen LogP contribution in [0, 0.1) is 5.21 Å². The number of nitrogens with zero attached hydrogens (tertiary/aromatic N) is 1. The summed E-state index contributed by atoms with van der Waals surface area (Å²) in [6, 6.07) is 4.68. The molecule has 0 aliphatic carbocycles. The van der Waals surface area contributed by atoms with Gasteiger partial charge in [-0.15, -0.1) is 0 Å². The lowest BCUT2D eigenvalue weighted by Gasteiger charge is -1.99. The summed E-state index contributed by atoms with van der Waals surface area (Å²) in [6.07, 6.45) is 0.941. The number of H-pyrrole nitrogens is 1. The maximum atomic E-state index is 11.2. The van der Waals surface area contributed by atoms with Crippen LogP contribution in [0.2, 0.25) is 5.02 Å². The quantitative estimate of drug-likeness (QED) is 0.501. The van der Waals surface area contributed by atoms with Crippen LogP contribution in [0.3, 0.4) is 0 Å². The van der Waals surface area contributed by atoms with E-state index in [2.05, 4.69) is 4.98 Å². The molecule has 0 spiro atoms. The topological polar surface area (TPSA) is 59.8 Å². The summed E-state index contributed by atoms with van der Waals surface area (Å²) < 4.78 is 0.518. The molecule has 66 valence electrons. The van der Waals surface area contributed by atoms with Crippen LogP contribution in [-0.2, 0) is 0 Å². The third-order valence-electron chi connectivity index (χ3n) is 1.69. The second-order valence-electron chi connectivity index (χ2n) is 2.61. The van der Waals surface area contributed by atoms with Gasteiger partial charge in [-0.1, -0.05) is 11.6 Å². The number of halogens is 1. The number of aromatic nitrogens is 2. The minimum atomic E-state index is -0.440. The Morgan fingerprint density at radius 1 is 1.46 bits per heavy atom. The van der Waals surface area contributed by atoms with Crippen molar-refractivity contribution in [3.8, 4) is 0 Å². The third kappa shape index (κ3) is 1.36. The van der Waals surface area contributed by atoms with E-state index >= 15 is 0 Å². The van der Waals surface area contributed by atoms with Gasteiger partial charge in [-0.05, 0) is 12.1 Å². The second-order valence-corrected chi connectivity index (χ2v) is 3.04. The van der Waals surface area contributed by atoms with Crippen LogP contribution < -0.4 is 10.3 Å². The Hall–Kier alpha value is -1.55. The second kappa shape index (κ2) is 2.74. The summed E-state index contributed by atoms with van der Waals surface area (Å²) in [5.74, 6) is 0. The fraction of sp³-hybridized carbons (Fsp3) is 0. The van der Waals surface area contributed by atoms with Crippen molar-refractivity contribution in [1.82, 2.24) is 4.98 Å². The molecule has 0 unspecified atom stereocenters. The zero-order valence-electron chi connectivity index (χ0n) is 6.45. The van der Waals surface area contributed by atoms with Gasteiger partial charge in [0.05, 0.1) is 0 Å². The highest BCUT2D eigenvalue weighted by atomic mass is 35.5. The number of rotatable bonds is 0. The Labute approximate surface area is 78.0 Å². The molecule has 0 saturated carbocycles. The molecule has 0 aliphatic heterocycles. The SMILES string of the molecule is O=c1c[n+]([O-])c2ccc(Cl)cc2[nH]1.